The Morgan fingerprint density at radius 3 is 2.88 bits per heavy atom. The van der Waals surface area contributed by atoms with Crippen molar-refractivity contribution >= 4 is 28.2 Å². The van der Waals surface area contributed by atoms with Gasteiger partial charge >= 0.3 is 0 Å². The van der Waals surface area contributed by atoms with E-state index in [1.807, 2.05) is 48.5 Å². The minimum atomic E-state index is -0.163. The third-order valence-corrected chi connectivity index (χ3v) is 4.58. The summed E-state index contributed by atoms with van der Waals surface area (Å²) < 4.78 is 11.3. The first kappa shape index (κ1) is 16.7. The molecule has 4 rings (SSSR count). The van der Waals surface area contributed by atoms with Crippen molar-refractivity contribution in [2.75, 3.05) is 13.7 Å². The number of aromatic nitrogens is 1. The summed E-state index contributed by atoms with van der Waals surface area (Å²) in [6.45, 7) is 0.370. The van der Waals surface area contributed by atoms with Crippen molar-refractivity contribution in [2.24, 2.45) is 5.16 Å². The van der Waals surface area contributed by atoms with Gasteiger partial charge < -0.3 is 14.3 Å². The van der Waals surface area contributed by atoms with Gasteiger partial charge in [-0.05, 0) is 36.4 Å². The van der Waals surface area contributed by atoms with Crippen LogP contribution in [-0.2, 0) is 4.84 Å². The molecular weight excluding hydrogens is 352 g/mol. The van der Waals surface area contributed by atoms with Gasteiger partial charge in [0, 0.05) is 23.6 Å². The minimum Gasteiger partial charge on any atom is -0.496 e. The zero-order valence-electron chi connectivity index (χ0n) is 14.2. The van der Waals surface area contributed by atoms with Crippen molar-refractivity contribution in [3.63, 3.8) is 0 Å². The molecule has 0 spiro atoms. The standard InChI is InChI=1S/C20H17ClN2O3/c1-24-18-7-3-2-5-15(18)17-11-13(26-23-17)12-25-19-9-8-16(21)14-6-4-10-22-20(14)19/h2-10,13H,11-12H2,1H3/t13-/m0/s1. The number of hydrogen-bond acceptors (Lipinski definition) is 5. The Balaban J connectivity index is 1.46. The molecule has 5 nitrogen and oxygen atoms in total. The van der Waals surface area contributed by atoms with Gasteiger partial charge in [-0.2, -0.15) is 0 Å². The van der Waals surface area contributed by atoms with Gasteiger partial charge in [-0.25, -0.2) is 0 Å². The van der Waals surface area contributed by atoms with E-state index in [1.165, 1.54) is 0 Å². The summed E-state index contributed by atoms with van der Waals surface area (Å²) in [5.74, 6) is 1.46. The fourth-order valence-corrected chi connectivity index (χ4v) is 3.19. The van der Waals surface area contributed by atoms with E-state index in [0.29, 0.717) is 23.8 Å². The van der Waals surface area contributed by atoms with Crippen molar-refractivity contribution in [3.8, 4) is 11.5 Å². The molecule has 1 aliphatic heterocycles. The molecule has 0 bridgehead atoms. The van der Waals surface area contributed by atoms with Crippen LogP contribution in [0.3, 0.4) is 0 Å². The number of fused-ring (bicyclic) bond motifs is 1. The smallest absolute Gasteiger partial charge is 0.167 e. The number of benzene rings is 2. The van der Waals surface area contributed by atoms with Crippen LogP contribution < -0.4 is 9.47 Å². The molecule has 132 valence electrons. The first-order chi connectivity index (χ1) is 12.8. The number of methoxy groups -OCH3 is 1. The van der Waals surface area contributed by atoms with Crippen molar-refractivity contribution in [1.82, 2.24) is 4.98 Å². The molecule has 1 aliphatic rings. The molecule has 26 heavy (non-hydrogen) atoms. The van der Waals surface area contributed by atoms with Gasteiger partial charge in [0.25, 0.3) is 0 Å². The maximum absolute atomic E-state index is 6.22. The van der Waals surface area contributed by atoms with Crippen molar-refractivity contribution in [2.45, 2.75) is 12.5 Å². The summed E-state index contributed by atoms with van der Waals surface area (Å²) in [5, 5.41) is 5.72. The summed E-state index contributed by atoms with van der Waals surface area (Å²) in [5.41, 5.74) is 2.54. The SMILES string of the molecule is COc1ccccc1C1=NO[C@H](COc2ccc(Cl)c3cccnc23)C1. The summed E-state index contributed by atoms with van der Waals surface area (Å²) in [6, 6.07) is 15.2. The lowest BCUT2D eigenvalue weighted by Gasteiger charge is -2.12. The van der Waals surface area contributed by atoms with Crippen molar-refractivity contribution < 1.29 is 14.3 Å². The maximum atomic E-state index is 6.22. The van der Waals surface area contributed by atoms with Crippen LogP contribution in [0, 0.1) is 0 Å². The number of pyridine rings is 1. The van der Waals surface area contributed by atoms with Crippen LogP contribution in [0.2, 0.25) is 5.02 Å². The molecule has 0 radical (unpaired) electrons. The van der Waals surface area contributed by atoms with Gasteiger partial charge in [-0.15, -0.1) is 0 Å². The zero-order chi connectivity index (χ0) is 17.9. The van der Waals surface area contributed by atoms with Gasteiger partial charge in [0.2, 0.25) is 0 Å². The minimum absolute atomic E-state index is 0.163. The van der Waals surface area contributed by atoms with Crippen LogP contribution in [0.5, 0.6) is 11.5 Å². The van der Waals surface area contributed by atoms with E-state index in [4.69, 9.17) is 25.9 Å². The average Bonchev–Trinajstić information content (AvgIpc) is 3.16. The van der Waals surface area contributed by atoms with Gasteiger partial charge in [0.15, 0.2) is 6.10 Å². The van der Waals surface area contributed by atoms with Crippen LogP contribution >= 0.6 is 11.6 Å². The molecule has 2 aromatic carbocycles. The fraction of sp³-hybridized carbons (Fsp3) is 0.200. The Bertz CT molecular complexity index is 974. The van der Waals surface area contributed by atoms with Crippen LogP contribution in [0.4, 0.5) is 0 Å². The first-order valence-corrected chi connectivity index (χ1v) is 8.66. The highest BCUT2D eigenvalue weighted by Crippen LogP contribution is 2.30. The van der Waals surface area contributed by atoms with Gasteiger partial charge in [0.1, 0.15) is 23.6 Å². The predicted octanol–water partition coefficient (Wildman–Crippen LogP) is 4.47. The molecule has 1 aromatic heterocycles. The molecular formula is C20H17ClN2O3. The van der Waals surface area contributed by atoms with Gasteiger partial charge in [0.05, 0.1) is 17.8 Å². The number of nitrogens with zero attached hydrogens (tertiary/aromatic N) is 2. The molecule has 2 heterocycles. The van der Waals surface area contributed by atoms with E-state index < -0.39 is 0 Å². The Labute approximate surface area is 156 Å². The number of hydrogen-bond donors (Lipinski definition) is 0. The molecule has 1 atom stereocenters. The van der Waals surface area contributed by atoms with Gasteiger partial charge in [-0.3, -0.25) is 4.98 Å². The second-order valence-electron chi connectivity index (χ2n) is 5.93. The third-order valence-electron chi connectivity index (χ3n) is 4.26. The van der Waals surface area contributed by atoms with E-state index in [9.17, 15) is 0 Å². The Morgan fingerprint density at radius 1 is 1.12 bits per heavy atom. The van der Waals surface area contributed by atoms with E-state index in [2.05, 4.69) is 10.1 Å². The van der Waals surface area contributed by atoms with E-state index >= 15 is 0 Å². The molecule has 0 amide bonds. The average molecular weight is 369 g/mol. The molecule has 0 aliphatic carbocycles. The lowest BCUT2D eigenvalue weighted by molar-refractivity contribution is 0.0475. The highest BCUT2D eigenvalue weighted by Gasteiger charge is 2.25. The molecule has 3 aromatic rings. The number of para-hydroxylation sites is 1. The predicted molar refractivity (Wildman–Crippen MR) is 101 cm³/mol. The largest absolute Gasteiger partial charge is 0.496 e. The van der Waals surface area contributed by atoms with Crippen LogP contribution in [0.25, 0.3) is 10.9 Å². The summed E-state index contributed by atoms with van der Waals surface area (Å²) in [7, 11) is 1.65. The number of rotatable bonds is 5. The van der Waals surface area contributed by atoms with Crippen molar-refractivity contribution in [1.29, 1.82) is 0 Å². The summed E-state index contributed by atoms with van der Waals surface area (Å²) in [6.07, 6.45) is 2.21. The normalized spacial score (nSPS) is 16.2. The summed E-state index contributed by atoms with van der Waals surface area (Å²) in [4.78, 5) is 9.91. The number of oxime groups is 1. The molecule has 0 unspecified atom stereocenters. The monoisotopic (exact) mass is 368 g/mol. The summed E-state index contributed by atoms with van der Waals surface area (Å²) >= 11 is 6.22. The molecule has 0 fully saturated rings. The second kappa shape index (κ2) is 7.22. The molecule has 0 N–H and O–H groups in total. The van der Waals surface area contributed by atoms with Crippen molar-refractivity contribution in [3.05, 3.63) is 65.3 Å². The quantitative estimate of drug-likeness (QED) is 0.666. The van der Waals surface area contributed by atoms with Crippen LogP contribution in [-0.4, -0.2) is 30.5 Å². The molecule has 0 saturated carbocycles. The molecule has 6 heteroatoms. The second-order valence-corrected chi connectivity index (χ2v) is 6.33. The fourth-order valence-electron chi connectivity index (χ4n) is 2.97. The Hall–Kier alpha value is -2.79. The first-order valence-electron chi connectivity index (χ1n) is 8.28. The Morgan fingerprint density at radius 2 is 2.00 bits per heavy atom. The maximum Gasteiger partial charge on any atom is 0.167 e. The van der Waals surface area contributed by atoms with E-state index in [0.717, 1.165) is 27.9 Å². The Kier molecular flexibility index (Phi) is 4.63. The highest BCUT2D eigenvalue weighted by molar-refractivity contribution is 6.35. The lowest BCUT2D eigenvalue weighted by Crippen LogP contribution is -2.18. The zero-order valence-corrected chi connectivity index (χ0v) is 14.9. The van der Waals surface area contributed by atoms with Gasteiger partial charge in [-0.1, -0.05) is 28.9 Å². The number of ether oxygens (including phenoxy) is 2. The number of halogens is 1. The van der Waals surface area contributed by atoms with E-state index in [1.54, 1.807) is 13.3 Å². The molecule has 0 saturated heterocycles. The van der Waals surface area contributed by atoms with Crippen LogP contribution in [0.15, 0.2) is 59.9 Å². The van der Waals surface area contributed by atoms with Crippen LogP contribution in [0.1, 0.15) is 12.0 Å². The third kappa shape index (κ3) is 3.18. The lowest BCUT2D eigenvalue weighted by atomic mass is 10.0. The van der Waals surface area contributed by atoms with E-state index in [-0.39, 0.29) is 6.10 Å². The topological polar surface area (TPSA) is 52.9 Å². The highest BCUT2D eigenvalue weighted by atomic mass is 35.5.